The maximum Gasteiger partial charge on any atom is 0.573 e. The summed E-state index contributed by atoms with van der Waals surface area (Å²) < 4.78 is 47.3. The first-order valence-corrected chi connectivity index (χ1v) is 12.4. The number of fused-ring (bicyclic) bond motifs is 1. The Kier molecular flexibility index (Phi) is 8.17. The van der Waals surface area contributed by atoms with Crippen LogP contribution in [0.3, 0.4) is 0 Å². The van der Waals surface area contributed by atoms with Gasteiger partial charge in [0.25, 0.3) is 5.91 Å². The topological polar surface area (TPSA) is 84.9 Å². The fourth-order valence-electron chi connectivity index (χ4n) is 3.87. The van der Waals surface area contributed by atoms with Gasteiger partial charge < -0.3 is 19.9 Å². The number of carbonyl (C=O) groups is 2. The van der Waals surface area contributed by atoms with E-state index in [4.69, 9.17) is 4.74 Å². The van der Waals surface area contributed by atoms with Crippen molar-refractivity contribution < 1.29 is 37.3 Å². The zero-order valence-electron chi connectivity index (χ0n) is 20.7. The lowest BCUT2D eigenvalue weighted by Gasteiger charge is -2.30. The number of thioether (sulfide) groups is 1. The molecule has 1 amide bonds. The molecule has 196 valence electrons. The highest BCUT2D eigenvalue weighted by Gasteiger charge is 2.39. The predicted molar refractivity (Wildman–Crippen MR) is 131 cm³/mol. The van der Waals surface area contributed by atoms with E-state index in [0.717, 1.165) is 4.91 Å². The van der Waals surface area contributed by atoms with Crippen LogP contribution < -0.4 is 10.1 Å². The predicted octanol–water partition coefficient (Wildman–Crippen LogP) is 5.81. The number of aliphatic carboxylic acids is 1. The van der Waals surface area contributed by atoms with Crippen LogP contribution in [0.1, 0.15) is 40.2 Å². The Morgan fingerprint density at radius 2 is 1.78 bits per heavy atom. The standard InChI is InChI=1S/C26H30F3NO5S/c1-14(2)20-12-18-19(36-20)11-10-17(23(31)30-22(24(32)33)25(3,4)5)21(18)34-13-15-6-8-16(9-7-15)35-26(27,28)29/h6-12,14,18-19,22H,13H2,1-5H3,(H,30,31)(H,32,33)/t18?,19?,22-/m1/s1. The van der Waals surface area contributed by atoms with Crippen LogP contribution in [0.2, 0.25) is 0 Å². The molecule has 0 spiro atoms. The number of benzene rings is 1. The van der Waals surface area contributed by atoms with Crippen molar-refractivity contribution in [2.45, 2.75) is 58.9 Å². The number of alkyl halides is 3. The van der Waals surface area contributed by atoms with Gasteiger partial charge >= 0.3 is 12.3 Å². The van der Waals surface area contributed by atoms with Crippen molar-refractivity contribution in [2.75, 3.05) is 0 Å². The van der Waals surface area contributed by atoms with Crippen molar-refractivity contribution in [3.63, 3.8) is 0 Å². The molecule has 0 fully saturated rings. The molecule has 1 aromatic carbocycles. The second kappa shape index (κ2) is 10.6. The van der Waals surface area contributed by atoms with Crippen molar-refractivity contribution in [2.24, 2.45) is 17.3 Å². The molecule has 0 bridgehead atoms. The summed E-state index contributed by atoms with van der Waals surface area (Å²) in [6, 6.07) is 4.18. The molecular weight excluding hydrogens is 495 g/mol. The lowest BCUT2D eigenvalue weighted by atomic mass is 9.86. The van der Waals surface area contributed by atoms with Crippen molar-refractivity contribution in [3.05, 3.63) is 64.3 Å². The van der Waals surface area contributed by atoms with Gasteiger partial charge in [-0.05, 0) is 40.0 Å². The summed E-state index contributed by atoms with van der Waals surface area (Å²) in [6.07, 6.45) is 0.845. The first-order valence-electron chi connectivity index (χ1n) is 11.5. The van der Waals surface area contributed by atoms with Gasteiger partial charge in [0.15, 0.2) is 0 Å². The summed E-state index contributed by atoms with van der Waals surface area (Å²) in [4.78, 5) is 26.2. The quantitative estimate of drug-likeness (QED) is 0.446. The molecule has 3 rings (SSSR count). The van der Waals surface area contributed by atoms with Crippen molar-refractivity contribution >= 4 is 23.6 Å². The Hall–Kier alpha value is -2.88. The van der Waals surface area contributed by atoms with Gasteiger partial charge in [0.2, 0.25) is 0 Å². The van der Waals surface area contributed by atoms with Crippen LogP contribution in [-0.2, 0) is 20.9 Å². The molecule has 3 atom stereocenters. The van der Waals surface area contributed by atoms with Crippen LogP contribution in [0.25, 0.3) is 0 Å². The molecule has 1 aromatic rings. The first kappa shape index (κ1) is 27.7. The Bertz CT molecular complexity index is 1080. The number of carbonyl (C=O) groups excluding carboxylic acids is 1. The largest absolute Gasteiger partial charge is 0.573 e. The molecule has 6 nitrogen and oxygen atoms in total. The van der Waals surface area contributed by atoms with Crippen molar-refractivity contribution in [3.8, 4) is 5.75 Å². The average Bonchev–Trinajstić information content (AvgIpc) is 3.19. The number of carboxylic acids is 1. The Labute approximate surface area is 212 Å². The summed E-state index contributed by atoms with van der Waals surface area (Å²) in [7, 11) is 0. The molecule has 10 heteroatoms. The van der Waals surface area contributed by atoms with Gasteiger partial charge in [-0.1, -0.05) is 58.9 Å². The highest BCUT2D eigenvalue weighted by molar-refractivity contribution is 8.04. The van der Waals surface area contributed by atoms with Crippen LogP contribution in [0, 0.1) is 17.3 Å². The fraction of sp³-hybridized carbons (Fsp3) is 0.462. The number of carboxylic acid groups (broad SMARTS) is 1. The van der Waals surface area contributed by atoms with Gasteiger partial charge in [0.1, 0.15) is 24.2 Å². The van der Waals surface area contributed by atoms with E-state index in [1.807, 2.05) is 6.08 Å². The number of allylic oxidation sites excluding steroid dienone is 2. The summed E-state index contributed by atoms with van der Waals surface area (Å²) in [5.41, 5.74) is 0.0864. The third-order valence-corrected chi connectivity index (χ3v) is 7.35. The lowest BCUT2D eigenvalue weighted by molar-refractivity contribution is -0.274. The summed E-state index contributed by atoms with van der Waals surface area (Å²) in [5, 5.41) is 12.3. The molecule has 1 aliphatic heterocycles. The molecule has 1 aliphatic carbocycles. The minimum Gasteiger partial charge on any atom is -0.492 e. The van der Waals surface area contributed by atoms with E-state index in [2.05, 4.69) is 30.0 Å². The molecule has 0 saturated heterocycles. The van der Waals surface area contributed by atoms with Crippen LogP contribution in [0.5, 0.6) is 5.75 Å². The van der Waals surface area contributed by atoms with Crippen molar-refractivity contribution in [1.29, 1.82) is 0 Å². The van der Waals surface area contributed by atoms with E-state index in [1.54, 1.807) is 38.6 Å². The molecule has 2 N–H and O–H groups in total. The van der Waals surface area contributed by atoms with E-state index in [1.165, 1.54) is 24.3 Å². The Morgan fingerprint density at radius 3 is 2.31 bits per heavy atom. The third-order valence-electron chi connectivity index (χ3n) is 5.74. The maximum absolute atomic E-state index is 13.2. The third kappa shape index (κ3) is 6.87. The summed E-state index contributed by atoms with van der Waals surface area (Å²) in [5.74, 6) is -1.60. The van der Waals surface area contributed by atoms with Crippen molar-refractivity contribution in [1.82, 2.24) is 5.32 Å². The number of rotatable bonds is 8. The van der Waals surface area contributed by atoms with E-state index < -0.39 is 29.7 Å². The molecule has 2 aliphatic rings. The second-order valence-electron chi connectivity index (χ2n) is 10.1. The summed E-state index contributed by atoms with van der Waals surface area (Å²) >= 11 is 1.68. The zero-order chi connectivity index (χ0) is 26.8. The minimum atomic E-state index is -4.78. The SMILES string of the molecule is CC(C)C1=CC2C(OCc3ccc(OC(F)(F)F)cc3)=C(C(=O)N[C@H](C(=O)O)C(C)(C)C)C=CC2S1. The summed E-state index contributed by atoms with van der Waals surface area (Å²) in [6.45, 7) is 9.32. The highest BCUT2D eigenvalue weighted by Crippen LogP contribution is 2.47. The van der Waals surface area contributed by atoms with E-state index in [9.17, 15) is 27.9 Å². The van der Waals surface area contributed by atoms with Gasteiger partial charge in [-0.25, -0.2) is 4.79 Å². The Morgan fingerprint density at radius 1 is 1.14 bits per heavy atom. The molecule has 36 heavy (non-hydrogen) atoms. The van der Waals surface area contributed by atoms with E-state index in [0.29, 0.717) is 11.3 Å². The first-order chi connectivity index (χ1) is 16.7. The molecular formula is C26H30F3NO5S. The van der Waals surface area contributed by atoms with E-state index in [-0.39, 0.29) is 35.0 Å². The zero-order valence-corrected chi connectivity index (χ0v) is 21.5. The number of hydrogen-bond acceptors (Lipinski definition) is 5. The van der Waals surface area contributed by atoms with Crippen LogP contribution in [0.4, 0.5) is 13.2 Å². The Balaban J connectivity index is 1.88. The van der Waals surface area contributed by atoms with Crippen LogP contribution in [0.15, 0.2) is 58.7 Å². The molecule has 0 radical (unpaired) electrons. The van der Waals surface area contributed by atoms with Gasteiger partial charge in [-0.3, -0.25) is 4.79 Å². The van der Waals surface area contributed by atoms with Gasteiger partial charge in [-0.15, -0.1) is 24.9 Å². The monoisotopic (exact) mass is 525 g/mol. The lowest BCUT2D eigenvalue weighted by Crippen LogP contribution is -2.49. The molecule has 0 aromatic heterocycles. The molecule has 1 heterocycles. The van der Waals surface area contributed by atoms with Crippen LogP contribution >= 0.6 is 11.8 Å². The molecule has 2 unspecified atom stereocenters. The fourth-order valence-corrected chi connectivity index (χ4v) is 5.19. The number of amides is 1. The number of hydrogen-bond donors (Lipinski definition) is 2. The maximum atomic E-state index is 13.2. The van der Waals surface area contributed by atoms with E-state index >= 15 is 0 Å². The minimum absolute atomic E-state index is 0.00657. The van der Waals surface area contributed by atoms with Gasteiger partial charge in [-0.2, -0.15) is 0 Å². The average molecular weight is 526 g/mol. The number of nitrogens with one attached hydrogen (secondary N) is 1. The van der Waals surface area contributed by atoms with Gasteiger partial charge in [0.05, 0.1) is 11.5 Å². The number of halogens is 3. The van der Waals surface area contributed by atoms with Crippen LogP contribution in [-0.4, -0.2) is 34.6 Å². The second-order valence-corrected chi connectivity index (χ2v) is 11.3. The highest BCUT2D eigenvalue weighted by atomic mass is 32.2. The normalized spacial score (nSPS) is 20.6. The number of ether oxygens (including phenoxy) is 2. The molecule has 0 saturated carbocycles. The van der Waals surface area contributed by atoms with Gasteiger partial charge in [0, 0.05) is 5.25 Å². The smallest absolute Gasteiger partial charge is 0.492 e.